The Balaban J connectivity index is 1.91. The number of carboxylic acids is 1. The van der Waals surface area contributed by atoms with Crippen molar-refractivity contribution in [1.82, 2.24) is 5.32 Å². The minimum Gasteiger partial charge on any atom is -0.478 e. The molecule has 0 amide bonds. The highest BCUT2D eigenvalue weighted by molar-refractivity contribution is 6.02. The molecule has 0 spiro atoms. The van der Waals surface area contributed by atoms with Crippen LogP contribution in [0.1, 0.15) is 20.7 Å². The first-order chi connectivity index (χ1) is 11.6. The van der Waals surface area contributed by atoms with Gasteiger partial charge in [-0.05, 0) is 18.2 Å². The summed E-state index contributed by atoms with van der Waals surface area (Å²) >= 11 is 0. The molecule has 124 valence electrons. The number of nitrogen functional groups attached to an aromatic ring is 1. The third-order valence-corrected chi connectivity index (χ3v) is 4.20. The number of nitrogens with zero attached hydrogens (tertiary/aromatic N) is 1. The van der Waals surface area contributed by atoms with Crippen LogP contribution in [0.3, 0.4) is 0 Å². The second kappa shape index (κ2) is 6.72. The van der Waals surface area contributed by atoms with Crippen LogP contribution in [-0.4, -0.2) is 42.5 Å². The van der Waals surface area contributed by atoms with E-state index in [4.69, 9.17) is 10.8 Å². The fourth-order valence-corrected chi connectivity index (χ4v) is 2.97. The summed E-state index contributed by atoms with van der Waals surface area (Å²) < 4.78 is 0. The molecular weight excluding hydrogens is 306 g/mol. The number of aromatic carboxylic acids is 1. The summed E-state index contributed by atoms with van der Waals surface area (Å²) in [6.45, 7) is 1.93. The number of hydrogen-bond donors (Lipinski definition) is 3. The second-order valence-electron chi connectivity index (χ2n) is 5.72. The van der Waals surface area contributed by atoms with Crippen molar-refractivity contribution < 1.29 is 14.7 Å². The summed E-state index contributed by atoms with van der Waals surface area (Å²) in [5.41, 5.74) is 7.54. The standard InChI is InChI=1S/C18H19N3O3/c19-15-10-13(6-7-14(15)18(23)24)21-9-8-20-11-16(21)17(22)12-4-2-1-3-5-12/h1-7,10,16,20H,8-9,11,19H2,(H,23,24). The second-order valence-corrected chi connectivity index (χ2v) is 5.72. The predicted octanol–water partition coefficient (Wildman–Crippen LogP) is 1.63. The van der Waals surface area contributed by atoms with Gasteiger partial charge >= 0.3 is 5.97 Å². The third kappa shape index (κ3) is 3.09. The Labute approximate surface area is 139 Å². The van der Waals surface area contributed by atoms with Crippen LogP contribution >= 0.6 is 0 Å². The van der Waals surface area contributed by atoms with E-state index in [-0.39, 0.29) is 23.1 Å². The predicted molar refractivity (Wildman–Crippen MR) is 92.6 cm³/mol. The van der Waals surface area contributed by atoms with Gasteiger partial charge in [0.15, 0.2) is 5.78 Å². The van der Waals surface area contributed by atoms with Crippen LogP contribution in [-0.2, 0) is 0 Å². The van der Waals surface area contributed by atoms with Gasteiger partial charge in [-0.3, -0.25) is 4.79 Å². The molecule has 2 aromatic rings. The molecule has 4 N–H and O–H groups in total. The van der Waals surface area contributed by atoms with Crippen LogP contribution in [0.4, 0.5) is 11.4 Å². The van der Waals surface area contributed by atoms with Gasteiger partial charge in [0.1, 0.15) is 6.04 Å². The lowest BCUT2D eigenvalue weighted by Crippen LogP contribution is -2.55. The lowest BCUT2D eigenvalue weighted by atomic mass is 10.00. The molecule has 6 nitrogen and oxygen atoms in total. The largest absolute Gasteiger partial charge is 0.478 e. The maximum Gasteiger partial charge on any atom is 0.337 e. The molecule has 6 heteroatoms. The average molecular weight is 325 g/mol. The summed E-state index contributed by atoms with van der Waals surface area (Å²) in [5.74, 6) is -1.03. The van der Waals surface area contributed by atoms with Crippen LogP contribution in [0.5, 0.6) is 0 Å². The van der Waals surface area contributed by atoms with E-state index in [1.807, 2.05) is 23.1 Å². The van der Waals surface area contributed by atoms with Crippen LogP contribution in [0, 0.1) is 0 Å². The number of nitrogens with two attached hydrogens (primary N) is 1. The fourth-order valence-electron chi connectivity index (χ4n) is 2.97. The molecule has 1 heterocycles. The quantitative estimate of drug-likeness (QED) is 0.584. The minimum absolute atomic E-state index is 0.0312. The van der Waals surface area contributed by atoms with Gasteiger partial charge < -0.3 is 21.1 Å². The minimum atomic E-state index is -1.06. The van der Waals surface area contributed by atoms with Gasteiger partial charge in [0, 0.05) is 36.6 Å². The van der Waals surface area contributed by atoms with Crippen molar-refractivity contribution in [1.29, 1.82) is 0 Å². The van der Waals surface area contributed by atoms with E-state index in [0.29, 0.717) is 18.7 Å². The summed E-state index contributed by atoms with van der Waals surface area (Å²) in [6.07, 6.45) is 0. The highest BCUT2D eigenvalue weighted by Gasteiger charge is 2.29. The van der Waals surface area contributed by atoms with Gasteiger partial charge in [0.05, 0.1) is 5.56 Å². The molecule has 1 unspecified atom stereocenters. The molecule has 0 radical (unpaired) electrons. The van der Waals surface area contributed by atoms with Crippen molar-refractivity contribution in [2.75, 3.05) is 30.3 Å². The summed E-state index contributed by atoms with van der Waals surface area (Å²) in [6, 6.07) is 13.6. The van der Waals surface area contributed by atoms with E-state index in [1.54, 1.807) is 24.3 Å². The number of benzene rings is 2. The van der Waals surface area contributed by atoms with Crippen molar-refractivity contribution in [2.24, 2.45) is 0 Å². The number of piperazine rings is 1. The van der Waals surface area contributed by atoms with Crippen molar-refractivity contribution in [3.63, 3.8) is 0 Å². The normalized spacial score (nSPS) is 17.5. The molecule has 1 atom stereocenters. The number of carboxylic acid groups (broad SMARTS) is 1. The number of ketones is 1. The first kappa shape index (κ1) is 16.0. The third-order valence-electron chi connectivity index (χ3n) is 4.20. The van der Waals surface area contributed by atoms with Gasteiger partial charge in [0.25, 0.3) is 0 Å². The van der Waals surface area contributed by atoms with E-state index < -0.39 is 5.97 Å². The molecule has 1 saturated heterocycles. The summed E-state index contributed by atoms with van der Waals surface area (Å²) in [5, 5.41) is 12.3. The molecule has 24 heavy (non-hydrogen) atoms. The Bertz CT molecular complexity index is 761. The smallest absolute Gasteiger partial charge is 0.337 e. The van der Waals surface area contributed by atoms with E-state index in [9.17, 15) is 9.59 Å². The van der Waals surface area contributed by atoms with Crippen LogP contribution in [0.2, 0.25) is 0 Å². The maximum absolute atomic E-state index is 12.8. The van der Waals surface area contributed by atoms with Crippen molar-refractivity contribution in [3.05, 3.63) is 59.7 Å². The molecule has 1 fully saturated rings. The lowest BCUT2D eigenvalue weighted by Gasteiger charge is -2.37. The van der Waals surface area contributed by atoms with Crippen molar-refractivity contribution in [2.45, 2.75) is 6.04 Å². The van der Waals surface area contributed by atoms with Gasteiger partial charge in [-0.2, -0.15) is 0 Å². The van der Waals surface area contributed by atoms with Crippen LogP contribution < -0.4 is 16.0 Å². The molecule has 0 aliphatic carbocycles. The first-order valence-electron chi connectivity index (χ1n) is 7.77. The average Bonchev–Trinajstić information content (AvgIpc) is 2.61. The summed E-state index contributed by atoms with van der Waals surface area (Å²) in [7, 11) is 0. The first-order valence-corrected chi connectivity index (χ1v) is 7.77. The Hall–Kier alpha value is -2.86. The number of nitrogens with one attached hydrogen (secondary N) is 1. The number of carbonyl (C=O) groups excluding carboxylic acids is 1. The highest BCUT2D eigenvalue weighted by atomic mass is 16.4. The highest BCUT2D eigenvalue weighted by Crippen LogP contribution is 2.25. The van der Waals surface area contributed by atoms with Gasteiger partial charge in [0.2, 0.25) is 0 Å². The van der Waals surface area contributed by atoms with Crippen LogP contribution in [0.25, 0.3) is 0 Å². The Kier molecular flexibility index (Phi) is 4.48. The zero-order valence-corrected chi connectivity index (χ0v) is 13.1. The van der Waals surface area contributed by atoms with E-state index in [0.717, 1.165) is 12.2 Å². The Morgan fingerprint density at radius 2 is 1.92 bits per heavy atom. The molecule has 2 aromatic carbocycles. The molecule has 1 aliphatic heterocycles. The molecule has 1 aliphatic rings. The number of anilines is 2. The number of carbonyl (C=O) groups is 2. The zero-order chi connectivity index (χ0) is 17.1. The lowest BCUT2D eigenvalue weighted by molar-refractivity contribution is 0.0697. The van der Waals surface area contributed by atoms with E-state index in [2.05, 4.69) is 5.32 Å². The zero-order valence-electron chi connectivity index (χ0n) is 13.1. The molecule has 0 saturated carbocycles. The summed E-state index contributed by atoms with van der Waals surface area (Å²) in [4.78, 5) is 25.9. The molecule has 3 rings (SSSR count). The van der Waals surface area contributed by atoms with E-state index >= 15 is 0 Å². The SMILES string of the molecule is Nc1cc(N2CCNCC2C(=O)c2ccccc2)ccc1C(=O)O. The Morgan fingerprint density at radius 1 is 1.17 bits per heavy atom. The number of rotatable bonds is 4. The van der Waals surface area contributed by atoms with Crippen molar-refractivity contribution >= 4 is 23.1 Å². The van der Waals surface area contributed by atoms with Gasteiger partial charge in [-0.1, -0.05) is 30.3 Å². The topological polar surface area (TPSA) is 95.7 Å². The molecule has 0 aromatic heterocycles. The Morgan fingerprint density at radius 3 is 2.58 bits per heavy atom. The van der Waals surface area contributed by atoms with Crippen molar-refractivity contribution in [3.8, 4) is 0 Å². The monoisotopic (exact) mass is 325 g/mol. The van der Waals surface area contributed by atoms with Crippen LogP contribution in [0.15, 0.2) is 48.5 Å². The van der Waals surface area contributed by atoms with Gasteiger partial charge in [-0.15, -0.1) is 0 Å². The van der Waals surface area contributed by atoms with E-state index in [1.165, 1.54) is 6.07 Å². The number of Topliss-reactive ketones (excluding diaryl/α,β-unsaturated/α-hetero) is 1. The van der Waals surface area contributed by atoms with Gasteiger partial charge in [-0.25, -0.2) is 4.79 Å². The maximum atomic E-state index is 12.8. The fraction of sp³-hybridized carbons (Fsp3) is 0.222. The molecular formula is C18H19N3O3. The number of hydrogen-bond acceptors (Lipinski definition) is 5. The molecule has 0 bridgehead atoms.